The van der Waals surface area contributed by atoms with Gasteiger partial charge in [0.1, 0.15) is 13.2 Å². The van der Waals surface area contributed by atoms with E-state index in [1.165, 1.54) is 89.9 Å². The summed E-state index contributed by atoms with van der Waals surface area (Å²) < 4.78 is 16.7. The second-order valence-corrected chi connectivity index (χ2v) is 17.1. The maximum atomic E-state index is 12.8. The molecular weight excluding hydrogens is 781 g/mol. The summed E-state index contributed by atoms with van der Waals surface area (Å²) in [5.74, 6) is -0.974. The highest BCUT2D eigenvalue weighted by atomic mass is 16.6. The molecule has 0 spiro atoms. The van der Waals surface area contributed by atoms with E-state index in [0.29, 0.717) is 19.3 Å². The van der Waals surface area contributed by atoms with Gasteiger partial charge in [0.25, 0.3) is 0 Å². The molecule has 0 radical (unpaired) electrons. The summed E-state index contributed by atoms with van der Waals surface area (Å²) >= 11 is 0. The van der Waals surface area contributed by atoms with Crippen molar-refractivity contribution in [3.8, 4) is 0 Å². The molecule has 0 aliphatic rings. The predicted molar refractivity (Wildman–Crippen MR) is 270 cm³/mol. The van der Waals surface area contributed by atoms with Crippen molar-refractivity contribution in [2.75, 3.05) is 13.2 Å². The normalized spacial score (nSPS) is 12.7. The van der Waals surface area contributed by atoms with Gasteiger partial charge in [0.2, 0.25) is 0 Å². The molecule has 6 nitrogen and oxygen atoms in total. The first-order chi connectivity index (χ1) is 31.0. The molecule has 0 N–H and O–H groups in total. The van der Waals surface area contributed by atoms with Gasteiger partial charge in [0.05, 0.1) is 0 Å². The van der Waals surface area contributed by atoms with Crippen LogP contribution in [0.1, 0.15) is 239 Å². The average Bonchev–Trinajstić information content (AvgIpc) is 3.28. The van der Waals surface area contributed by atoms with E-state index in [1.807, 2.05) is 0 Å². The topological polar surface area (TPSA) is 78.9 Å². The van der Waals surface area contributed by atoms with Gasteiger partial charge in [-0.25, -0.2) is 0 Å². The maximum Gasteiger partial charge on any atom is 0.306 e. The predicted octanol–water partition coefficient (Wildman–Crippen LogP) is 17.2. The van der Waals surface area contributed by atoms with Gasteiger partial charge in [-0.05, 0) is 89.9 Å². The summed E-state index contributed by atoms with van der Waals surface area (Å²) in [6.45, 7) is 6.43. The summed E-state index contributed by atoms with van der Waals surface area (Å²) in [6.07, 6.45) is 65.7. The van der Waals surface area contributed by atoms with Crippen LogP contribution >= 0.6 is 0 Å². The number of carbonyl (C=O) groups excluding carboxylic acids is 3. The molecule has 0 saturated carbocycles. The number of carbonyl (C=O) groups is 3. The molecule has 0 aliphatic heterocycles. The molecule has 6 heteroatoms. The zero-order valence-corrected chi connectivity index (χ0v) is 41.1. The van der Waals surface area contributed by atoms with Crippen molar-refractivity contribution in [3.05, 3.63) is 85.1 Å². The van der Waals surface area contributed by atoms with Gasteiger partial charge in [-0.2, -0.15) is 0 Å². The number of unbranched alkanes of at least 4 members (excludes halogenated alkanes) is 21. The molecule has 360 valence electrons. The summed E-state index contributed by atoms with van der Waals surface area (Å²) in [6, 6.07) is 0. The van der Waals surface area contributed by atoms with Gasteiger partial charge in [-0.3, -0.25) is 14.4 Å². The standard InChI is InChI=1S/C57H96O6/c1-4-7-10-13-16-19-22-25-27-28-30-33-35-38-41-44-47-50-56(59)62-53-54(63-57(60)51-48-45-42-39-36-31-24-21-18-15-12-9-6-3)52-61-55(58)49-46-43-40-37-34-32-29-26-23-20-17-14-11-8-5-2/h8,11,16-17,19-20,25-27,29-30,33,38,41,54H,4-7,9-10,12-15,18,21-24,28,31-32,34-37,39-40,42-53H2,1-3H3/b11-8-,19-16-,20-17-,27-25-,29-26-,33-30-,41-38-/t54-/m1/s1. The molecule has 0 bridgehead atoms. The fraction of sp³-hybridized carbons (Fsp3) is 0.702. The van der Waals surface area contributed by atoms with E-state index in [1.54, 1.807) is 0 Å². The van der Waals surface area contributed by atoms with E-state index < -0.39 is 6.10 Å². The second-order valence-electron chi connectivity index (χ2n) is 17.1. The minimum atomic E-state index is -0.803. The molecule has 0 aliphatic carbocycles. The monoisotopic (exact) mass is 877 g/mol. The second kappa shape index (κ2) is 51.2. The lowest BCUT2D eigenvalue weighted by Gasteiger charge is -2.18. The fourth-order valence-electron chi connectivity index (χ4n) is 6.98. The van der Waals surface area contributed by atoms with Crippen LogP contribution in [0.15, 0.2) is 85.1 Å². The number of ether oxygens (including phenoxy) is 3. The van der Waals surface area contributed by atoms with Crippen LogP contribution in [-0.4, -0.2) is 37.2 Å². The van der Waals surface area contributed by atoms with Gasteiger partial charge in [-0.15, -0.1) is 0 Å². The van der Waals surface area contributed by atoms with E-state index in [2.05, 4.69) is 106 Å². The molecule has 0 amide bonds. The van der Waals surface area contributed by atoms with Crippen molar-refractivity contribution >= 4 is 17.9 Å². The third kappa shape index (κ3) is 49.5. The summed E-state index contributed by atoms with van der Waals surface area (Å²) in [7, 11) is 0. The van der Waals surface area contributed by atoms with E-state index in [-0.39, 0.29) is 37.5 Å². The van der Waals surface area contributed by atoms with Crippen LogP contribution in [0.3, 0.4) is 0 Å². The number of allylic oxidation sites excluding steroid dienone is 14. The van der Waals surface area contributed by atoms with Crippen molar-refractivity contribution < 1.29 is 28.6 Å². The highest BCUT2D eigenvalue weighted by molar-refractivity contribution is 5.71. The van der Waals surface area contributed by atoms with Crippen LogP contribution in [0.5, 0.6) is 0 Å². The van der Waals surface area contributed by atoms with Crippen LogP contribution in [0, 0.1) is 0 Å². The lowest BCUT2D eigenvalue weighted by Crippen LogP contribution is -2.30. The molecule has 0 unspecified atom stereocenters. The van der Waals surface area contributed by atoms with Crippen molar-refractivity contribution in [1.82, 2.24) is 0 Å². The first-order valence-corrected chi connectivity index (χ1v) is 26.1. The molecule has 0 aromatic heterocycles. The minimum absolute atomic E-state index is 0.102. The highest BCUT2D eigenvalue weighted by Crippen LogP contribution is 2.14. The quantitative estimate of drug-likeness (QED) is 0.0262. The van der Waals surface area contributed by atoms with E-state index in [0.717, 1.165) is 103 Å². The molecule has 63 heavy (non-hydrogen) atoms. The molecule has 0 aromatic rings. The number of hydrogen-bond acceptors (Lipinski definition) is 6. The molecule has 0 rings (SSSR count). The van der Waals surface area contributed by atoms with Gasteiger partial charge in [0.15, 0.2) is 6.10 Å². The molecule has 1 atom stereocenters. The first kappa shape index (κ1) is 59.6. The average molecular weight is 877 g/mol. The van der Waals surface area contributed by atoms with Gasteiger partial charge in [0, 0.05) is 19.3 Å². The molecule has 0 fully saturated rings. The van der Waals surface area contributed by atoms with E-state index in [9.17, 15) is 14.4 Å². The number of hydrogen-bond donors (Lipinski definition) is 0. The Balaban J connectivity index is 4.49. The molecule has 0 saturated heterocycles. The Hall–Kier alpha value is -3.41. The van der Waals surface area contributed by atoms with Crippen molar-refractivity contribution in [2.45, 2.75) is 245 Å². The third-order valence-corrected chi connectivity index (χ3v) is 10.9. The van der Waals surface area contributed by atoms with Crippen molar-refractivity contribution in [3.63, 3.8) is 0 Å². The van der Waals surface area contributed by atoms with Crippen LogP contribution in [0.4, 0.5) is 0 Å². The smallest absolute Gasteiger partial charge is 0.306 e. The fourth-order valence-corrected chi connectivity index (χ4v) is 6.98. The molecular formula is C57H96O6. The zero-order chi connectivity index (χ0) is 45.8. The van der Waals surface area contributed by atoms with Crippen LogP contribution in [-0.2, 0) is 28.6 Å². The Morgan fingerprint density at radius 2 is 0.635 bits per heavy atom. The Labute approximate surface area is 388 Å². The van der Waals surface area contributed by atoms with Crippen LogP contribution < -0.4 is 0 Å². The first-order valence-electron chi connectivity index (χ1n) is 26.1. The highest BCUT2D eigenvalue weighted by Gasteiger charge is 2.19. The van der Waals surface area contributed by atoms with Crippen molar-refractivity contribution in [1.29, 1.82) is 0 Å². The number of esters is 3. The summed E-state index contributed by atoms with van der Waals surface area (Å²) in [5, 5.41) is 0. The van der Waals surface area contributed by atoms with Gasteiger partial charge in [-0.1, -0.05) is 215 Å². The largest absolute Gasteiger partial charge is 0.462 e. The minimum Gasteiger partial charge on any atom is -0.462 e. The maximum absolute atomic E-state index is 12.8. The summed E-state index contributed by atoms with van der Waals surface area (Å²) in [4.78, 5) is 38.0. The Morgan fingerprint density at radius 1 is 0.333 bits per heavy atom. The lowest BCUT2D eigenvalue weighted by atomic mass is 10.0. The Morgan fingerprint density at radius 3 is 1.06 bits per heavy atom. The summed E-state index contributed by atoms with van der Waals surface area (Å²) in [5.41, 5.74) is 0. The van der Waals surface area contributed by atoms with E-state index in [4.69, 9.17) is 14.2 Å². The van der Waals surface area contributed by atoms with Crippen LogP contribution in [0.2, 0.25) is 0 Å². The zero-order valence-electron chi connectivity index (χ0n) is 41.1. The molecule has 0 aromatic carbocycles. The van der Waals surface area contributed by atoms with Gasteiger partial charge >= 0.3 is 17.9 Å². The Kier molecular flexibility index (Phi) is 48.5. The SMILES string of the molecule is CC/C=C\C/C=C\C/C=C\CCCCCCCC(=O)OC[C@H](COC(=O)CCC/C=C\C/C=C\C/C=C\C/C=C\CCCCC)OC(=O)CCCCCCCCCCCCCCC. The number of rotatable bonds is 46. The van der Waals surface area contributed by atoms with E-state index >= 15 is 0 Å². The van der Waals surface area contributed by atoms with Crippen LogP contribution in [0.25, 0.3) is 0 Å². The van der Waals surface area contributed by atoms with Crippen molar-refractivity contribution in [2.24, 2.45) is 0 Å². The Bertz CT molecular complexity index is 1240. The third-order valence-electron chi connectivity index (χ3n) is 10.9. The molecule has 0 heterocycles. The lowest BCUT2D eigenvalue weighted by molar-refractivity contribution is -0.167. The van der Waals surface area contributed by atoms with Gasteiger partial charge < -0.3 is 14.2 Å².